The van der Waals surface area contributed by atoms with Gasteiger partial charge in [-0.25, -0.2) is 4.98 Å². The van der Waals surface area contributed by atoms with E-state index in [0.717, 1.165) is 6.07 Å². The molecule has 4 nitrogen and oxygen atoms in total. The van der Waals surface area contributed by atoms with Crippen LogP contribution in [0.4, 0.5) is 13.2 Å². The van der Waals surface area contributed by atoms with E-state index in [0.29, 0.717) is 15.8 Å². The van der Waals surface area contributed by atoms with Crippen molar-refractivity contribution in [3.8, 4) is 5.88 Å². The summed E-state index contributed by atoms with van der Waals surface area (Å²) in [5.41, 5.74) is -5.50. The van der Waals surface area contributed by atoms with Crippen LogP contribution >= 0.6 is 11.6 Å². The highest BCUT2D eigenvalue weighted by atomic mass is 35.5. The highest BCUT2D eigenvalue weighted by Crippen LogP contribution is 2.28. The van der Waals surface area contributed by atoms with E-state index in [2.05, 4.69) is 9.17 Å². The predicted molar refractivity (Wildman–Crippen MR) is 62.4 cm³/mol. The number of aromatic nitrogens is 1. The smallest absolute Gasteiger partial charge is 0.355 e. The third-order valence-electron chi connectivity index (χ3n) is 2.14. The highest BCUT2D eigenvalue weighted by Gasteiger charge is 2.48. The molecule has 0 unspecified atom stereocenters. The Kier molecular flexibility index (Phi) is 3.31. The Morgan fingerprint density at radius 2 is 1.84 bits per heavy atom. The Balaban J connectivity index is 2.42. The largest absolute Gasteiger partial charge is 0.534 e. The molecule has 1 aromatic carbocycles. The first kappa shape index (κ1) is 13.9. The third kappa shape index (κ3) is 2.90. The molecule has 2 rings (SSSR count). The molecule has 0 saturated heterocycles. The Morgan fingerprint density at radius 3 is 2.47 bits per heavy atom. The third-order valence-corrected chi connectivity index (χ3v) is 3.33. The van der Waals surface area contributed by atoms with Gasteiger partial charge in [-0.2, -0.15) is 21.6 Å². The molecule has 0 N–H and O–H groups in total. The van der Waals surface area contributed by atoms with Crippen LogP contribution in [0.3, 0.4) is 0 Å². The van der Waals surface area contributed by atoms with Crippen molar-refractivity contribution in [2.24, 2.45) is 0 Å². The molecule has 0 aliphatic carbocycles. The highest BCUT2D eigenvalue weighted by molar-refractivity contribution is 7.87. The zero-order chi connectivity index (χ0) is 14.3. The lowest BCUT2D eigenvalue weighted by Crippen LogP contribution is -2.28. The lowest BCUT2D eigenvalue weighted by Gasteiger charge is -2.09. The molecule has 0 spiro atoms. The van der Waals surface area contributed by atoms with E-state index in [1.54, 1.807) is 12.1 Å². The first-order valence-electron chi connectivity index (χ1n) is 4.75. The van der Waals surface area contributed by atoms with Gasteiger partial charge < -0.3 is 4.18 Å². The molecule has 0 saturated carbocycles. The van der Waals surface area contributed by atoms with Crippen LogP contribution in [-0.4, -0.2) is 18.9 Å². The summed E-state index contributed by atoms with van der Waals surface area (Å²) in [6.45, 7) is 0. The van der Waals surface area contributed by atoms with E-state index in [1.165, 1.54) is 12.3 Å². The quantitative estimate of drug-likeness (QED) is 0.631. The van der Waals surface area contributed by atoms with E-state index in [9.17, 15) is 21.6 Å². The molecule has 0 aliphatic heterocycles. The normalized spacial score (nSPS) is 12.6. The van der Waals surface area contributed by atoms with Gasteiger partial charge in [0.2, 0.25) is 5.88 Å². The molecule has 0 aliphatic rings. The van der Waals surface area contributed by atoms with Crippen molar-refractivity contribution in [1.29, 1.82) is 0 Å². The van der Waals surface area contributed by atoms with Gasteiger partial charge in [0.05, 0.1) is 0 Å². The van der Waals surface area contributed by atoms with Crippen LogP contribution in [-0.2, 0) is 10.1 Å². The van der Waals surface area contributed by atoms with Crippen LogP contribution in [0.25, 0.3) is 10.8 Å². The summed E-state index contributed by atoms with van der Waals surface area (Å²) in [4.78, 5) is 3.49. The number of alkyl halides is 3. The minimum atomic E-state index is -5.73. The van der Waals surface area contributed by atoms with Crippen molar-refractivity contribution < 1.29 is 25.8 Å². The summed E-state index contributed by atoms with van der Waals surface area (Å²) in [5, 5.41) is 1.35. The van der Waals surface area contributed by atoms with E-state index < -0.39 is 21.5 Å². The van der Waals surface area contributed by atoms with Gasteiger partial charge in [0, 0.05) is 22.7 Å². The van der Waals surface area contributed by atoms with Crippen LogP contribution < -0.4 is 4.18 Å². The molecule has 9 heteroatoms. The summed E-state index contributed by atoms with van der Waals surface area (Å²) in [5.74, 6) is -0.674. The van der Waals surface area contributed by atoms with Crippen molar-refractivity contribution >= 4 is 32.5 Å². The number of rotatable bonds is 2. The second-order valence-corrected chi connectivity index (χ2v) is 5.47. The zero-order valence-corrected chi connectivity index (χ0v) is 10.6. The van der Waals surface area contributed by atoms with Gasteiger partial charge in [0.25, 0.3) is 0 Å². The number of nitrogens with zero attached hydrogens (tertiary/aromatic N) is 1. The van der Waals surface area contributed by atoms with Crippen LogP contribution in [0.1, 0.15) is 0 Å². The van der Waals surface area contributed by atoms with Crippen molar-refractivity contribution in [1.82, 2.24) is 4.98 Å². The summed E-state index contributed by atoms with van der Waals surface area (Å²) in [6, 6.07) is 5.67. The molecule has 19 heavy (non-hydrogen) atoms. The van der Waals surface area contributed by atoms with Gasteiger partial charge >= 0.3 is 15.6 Å². The SMILES string of the molecule is O=S(=O)(Oc1cc2cc(Cl)ccc2cn1)C(F)(F)F. The summed E-state index contributed by atoms with van der Waals surface area (Å²) in [7, 11) is -5.73. The maximum Gasteiger partial charge on any atom is 0.534 e. The molecule has 1 heterocycles. The predicted octanol–water partition coefficient (Wildman–Crippen LogP) is 3.12. The lowest BCUT2D eigenvalue weighted by atomic mass is 10.2. The molecule has 0 atom stereocenters. The van der Waals surface area contributed by atoms with Crippen LogP contribution in [0.5, 0.6) is 5.88 Å². The molecule has 2 aromatic rings. The summed E-state index contributed by atoms with van der Waals surface area (Å²) < 4.78 is 61.9. The van der Waals surface area contributed by atoms with Gasteiger partial charge in [-0.1, -0.05) is 17.7 Å². The Morgan fingerprint density at radius 1 is 1.16 bits per heavy atom. The Labute approximate surface area is 110 Å². The second kappa shape index (κ2) is 4.53. The van der Waals surface area contributed by atoms with Crippen molar-refractivity contribution in [2.75, 3.05) is 0 Å². The average molecular weight is 312 g/mol. The number of halogens is 4. The maximum absolute atomic E-state index is 12.1. The molecule has 0 bridgehead atoms. The lowest BCUT2D eigenvalue weighted by molar-refractivity contribution is -0.0501. The summed E-state index contributed by atoms with van der Waals surface area (Å²) >= 11 is 5.72. The second-order valence-electron chi connectivity index (χ2n) is 3.50. The first-order valence-corrected chi connectivity index (χ1v) is 6.54. The number of fused-ring (bicyclic) bond motifs is 1. The van der Waals surface area contributed by atoms with Gasteiger partial charge in [0.15, 0.2) is 0 Å². The van der Waals surface area contributed by atoms with E-state index in [-0.39, 0.29) is 0 Å². The number of hydrogen-bond donors (Lipinski definition) is 0. The van der Waals surface area contributed by atoms with Gasteiger partial charge in [-0.05, 0) is 17.5 Å². The van der Waals surface area contributed by atoms with Crippen LogP contribution in [0.2, 0.25) is 5.02 Å². The van der Waals surface area contributed by atoms with Gasteiger partial charge in [0.1, 0.15) is 0 Å². The fourth-order valence-corrected chi connectivity index (χ4v) is 1.89. The minimum Gasteiger partial charge on any atom is -0.355 e. The number of benzene rings is 1. The zero-order valence-electron chi connectivity index (χ0n) is 8.98. The number of hydrogen-bond acceptors (Lipinski definition) is 4. The van der Waals surface area contributed by atoms with E-state index in [4.69, 9.17) is 11.6 Å². The van der Waals surface area contributed by atoms with Crippen molar-refractivity contribution in [2.45, 2.75) is 5.51 Å². The fourth-order valence-electron chi connectivity index (χ4n) is 1.30. The summed E-state index contributed by atoms with van der Waals surface area (Å²) in [6.07, 6.45) is 1.19. The van der Waals surface area contributed by atoms with Crippen molar-refractivity contribution in [3.05, 3.63) is 35.5 Å². The Bertz CT molecular complexity index is 730. The van der Waals surface area contributed by atoms with Crippen LogP contribution in [0.15, 0.2) is 30.5 Å². The maximum atomic E-state index is 12.1. The minimum absolute atomic E-state index is 0.350. The molecule has 0 radical (unpaired) electrons. The Hall–Kier alpha value is -1.54. The molecule has 0 fully saturated rings. The van der Waals surface area contributed by atoms with Gasteiger partial charge in [-0.15, -0.1) is 0 Å². The molecular formula is C10H5ClF3NO3S. The van der Waals surface area contributed by atoms with E-state index in [1.807, 2.05) is 0 Å². The molecule has 0 amide bonds. The van der Waals surface area contributed by atoms with E-state index >= 15 is 0 Å². The monoisotopic (exact) mass is 311 g/mol. The van der Waals surface area contributed by atoms with Gasteiger partial charge in [-0.3, -0.25) is 0 Å². The van der Waals surface area contributed by atoms with Crippen molar-refractivity contribution in [3.63, 3.8) is 0 Å². The van der Waals surface area contributed by atoms with Crippen LogP contribution in [0, 0.1) is 0 Å². The first-order chi connectivity index (χ1) is 8.69. The topological polar surface area (TPSA) is 56.3 Å². The molecule has 1 aromatic heterocycles. The number of pyridine rings is 1. The molecule has 102 valence electrons. The average Bonchev–Trinajstić information content (AvgIpc) is 2.26. The fraction of sp³-hybridized carbons (Fsp3) is 0.100. The molecular weight excluding hydrogens is 307 g/mol. The standard InChI is InChI=1S/C10H5ClF3NO3S/c11-8-2-1-6-5-15-9(4-7(6)3-8)18-19(16,17)10(12,13)14/h1-5H.